The number of nitrogens with one attached hydrogen (secondary N) is 2. The van der Waals surface area contributed by atoms with E-state index in [1.54, 1.807) is 0 Å². The number of para-hydroxylation sites is 4. The molecule has 5 aromatic rings. The number of anilines is 1. The predicted octanol–water partition coefficient (Wildman–Crippen LogP) is 4.72. The third kappa shape index (κ3) is 2.41. The first kappa shape index (κ1) is 16.3. The van der Waals surface area contributed by atoms with Crippen molar-refractivity contribution in [2.24, 2.45) is 0 Å². The Labute approximate surface area is 161 Å². The number of nitriles is 1. The van der Waals surface area contributed by atoms with Crippen LogP contribution >= 0.6 is 0 Å². The molecule has 3 aromatic heterocycles. The molecule has 5 rings (SSSR count). The number of rotatable bonds is 3. The molecule has 0 aliphatic rings. The Morgan fingerprint density at radius 3 is 2.61 bits per heavy atom. The molecule has 0 saturated carbocycles. The fourth-order valence-corrected chi connectivity index (χ4v) is 3.67. The van der Waals surface area contributed by atoms with Gasteiger partial charge in [-0.15, -0.1) is 0 Å². The number of H-pyrrole nitrogens is 1. The Morgan fingerprint density at radius 2 is 1.82 bits per heavy atom. The second-order valence-electron chi connectivity index (χ2n) is 6.96. The van der Waals surface area contributed by atoms with Gasteiger partial charge < -0.3 is 10.3 Å². The van der Waals surface area contributed by atoms with Crippen molar-refractivity contribution in [3.05, 3.63) is 71.5 Å². The highest BCUT2D eigenvalue weighted by Crippen LogP contribution is 2.28. The molecule has 0 aliphatic heterocycles. The summed E-state index contributed by atoms with van der Waals surface area (Å²) in [6, 6.07) is 20.2. The molecule has 136 valence electrons. The number of fused-ring (bicyclic) bond motifs is 4. The van der Waals surface area contributed by atoms with Gasteiger partial charge in [-0.2, -0.15) is 5.26 Å². The Morgan fingerprint density at radius 1 is 1.07 bits per heavy atom. The molecule has 0 bridgehead atoms. The molecule has 0 fully saturated rings. The molecule has 6 nitrogen and oxygen atoms in total. The standard InChI is InChI=1S/C22H18N6/c1-13-11-20(24-14(2)21-25-16-7-3-4-8-17(16)26-21)28-19-10-6-5-9-18(19)27-22(28)15(13)12-23/h3-11,14,24H,1-2H3,(H,25,26). The minimum absolute atomic E-state index is 0.0518. The number of imidazole rings is 2. The third-order valence-corrected chi connectivity index (χ3v) is 5.07. The van der Waals surface area contributed by atoms with E-state index in [1.165, 1.54) is 0 Å². The monoisotopic (exact) mass is 366 g/mol. The summed E-state index contributed by atoms with van der Waals surface area (Å²) in [6.07, 6.45) is 0. The zero-order chi connectivity index (χ0) is 19.3. The fourth-order valence-electron chi connectivity index (χ4n) is 3.67. The molecule has 0 aliphatic carbocycles. The molecule has 28 heavy (non-hydrogen) atoms. The summed E-state index contributed by atoms with van der Waals surface area (Å²) in [4.78, 5) is 12.8. The van der Waals surface area contributed by atoms with Gasteiger partial charge >= 0.3 is 0 Å². The number of hydrogen-bond acceptors (Lipinski definition) is 4. The van der Waals surface area contributed by atoms with Crippen molar-refractivity contribution in [2.75, 3.05) is 5.32 Å². The maximum absolute atomic E-state index is 9.63. The van der Waals surface area contributed by atoms with Crippen LogP contribution in [0.15, 0.2) is 54.6 Å². The largest absolute Gasteiger partial charge is 0.361 e. The lowest BCUT2D eigenvalue weighted by Gasteiger charge is -2.16. The van der Waals surface area contributed by atoms with Crippen LogP contribution in [0.5, 0.6) is 0 Å². The van der Waals surface area contributed by atoms with Crippen LogP contribution < -0.4 is 5.32 Å². The van der Waals surface area contributed by atoms with E-state index in [0.29, 0.717) is 11.2 Å². The van der Waals surface area contributed by atoms with Crippen LogP contribution in [0.2, 0.25) is 0 Å². The van der Waals surface area contributed by atoms with Crippen LogP contribution in [0.1, 0.15) is 29.9 Å². The van der Waals surface area contributed by atoms with Gasteiger partial charge in [0.1, 0.15) is 17.7 Å². The van der Waals surface area contributed by atoms with E-state index in [4.69, 9.17) is 9.97 Å². The first-order chi connectivity index (χ1) is 13.7. The van der Waals surface area contributed by atoms with Crippen molar-refractivity contribution in [2.45, 2.75) is 19.9 Å². The van der Waals surface area contributed by atoms with E-state index in [-0.39, 0.29) is 6.04 Å². The summed E-state index contributed by atoms with van der Waals surface area (Å²) in [5, 5.41) is 13.2. The van der Waals surface area contributed by atoms with Crippen LogP contribution in [0.4, 0.5) is 5.82 Å². The van der Waals surface area contributed by atoms with Gasteiger partial charge in [0.25, 0.3) is 0 Å². The molecule has 0 saturated heterocycles. The van der Waals surface area contributed by atoms with E-state index >= 15 is 0 Å². The SMILES string of the molecule is Cc1cc(NC(C)c2nc3ccccc3[nH]2)n2c(nc3ccccc32)c1C#N. The molecular formula is C22H18N6. The highest BCUT2D eigenvalue weighted by Gasteiger charge is 2.17. The lowest BCUT2D eigenvalue weighted by atomic mass is 10.1. The van der Waals surface area contributed by atoms with Crippen LogP contribution in [0, 0.1) is 18.3 Å². The quantitative estimate of drug-likeness (QED) is 0.484. The number of pyridine rings is 1. The highest BCUT2D eigenvalue weighted by molar-refractivity contribution is 5.85. The second kappa shape index (κ2) is 6.10. The molecule has 3 heterocycles. The Kier molecular flexibility index (Phi) is 3.56. The second-order valence-corrected chi connectivity index (χ2v) is 6.96. The van der Waals surface area contributed by atoms with Crippen molar-refractivity contribution in [3.63, 3.8) is 0 Å². The predicted molar refractivity (Wildman–Crippen MR) is 110 cm³/mol. The number of aromatic nitrogens is 4. The average Bonchev–Trinajstić information content (AvgIpc) is 3.30. The number of hydrogen-bond donors (Lipinski definition) is 2. The number of benzene rings is 2. The highest BCUT2D eigenvalue weighted by atomic mass is 15.1. The lowest BCUT2D eigenvalue weighted by molar-refractivity contribution is 0.806. The molecule has 1 atom stereocenters. The van der Waals surface area contributed by atoms with Crippen molar-refractivity contribution in [3.8, 4) is 6.07 Å². The third-order valence-electron chi connectivity index (χ3n) is 5.07. The summed E-state index contributed by atoms with van der Waals surface area (Å²) >= 11 is 0. The zero-order valence-electron chi connectivity index (χ0n) is 15.6. The first-order valence-electron chi connectivity index (χ1n) is 9.18. The van der Waals surface area contributed by atoms with E-state index in [1.807, 2.05) is 65.9 Å². The average molecular weight is 366 g/mol. The molecular weight excluding hydrogens is 348 g/mol. The normalized spacial score (nSPS) is 12.5. The summed E-state index contributed by atoms with van der Waals surface area (Å²) in [7, 11) is 0. The molecule has 2 aromatic carbocycles. The van der Waals surface area contributed by atoms with Crippen LogP contribution in [-0.2, 0) is 0 Å². The Bertz CT molecular complexity index is 1350. The van der Waals surface area contributed by atoms with Gasteiger partial charge in [-0.1, -0.05) is 24.3 Å². The fraction of sp³-hybridized carbons (Fsp3) is 0.136. The van der Waals surface area contributed by atoms with E-state index < -0.39 is 0 Å². The van der Waals surface area contributed by atoms with Crippen molar-refractivity contribution in [1.82, 2.24) is 19.4 Å². The van der Waals surface area contributed by atoms with Crippen molar-refractivity contribution in [1.29, 1.82) is 5.26 Å². The summed E-state index contributed by atoms with van der Waals surface area (Å²) in [5.41, 5.74) is 5.95. The number of nitrogens with zero attached hydrogens (tertiary/aromatic N) is 4. The van der Waals surface area contributed by atoms with Gasteiger partial charge in [0.15, 0.2) is 5.65 Å². The van der Waals surface area contributed by atoms with Gasteiger partial charge in [0.05, 0.1) is 33.7 Å². The minimum atomic E-state index is -0.0518. The summed E-state index contributed by atoms with van der Waals surface area (Å²) in [6.45, 7) is 4.01. The first-order valence-corrected chi connectivity index (χ1v) is 9.18. The number of aromatic amines is 1. The molecule has 2 N–H and O–H groups in total. The number of aryl methyl sites for hydroxylation is 1. The molecule has 0 amide bonds. The van der Waals surface area contributed by atoms with Gasteiger partial charge in [0, 0.05) is 0 Å². The van der Waals surface area contributed by atoms with Gasteiger partial charge in [-0.3, -0.25) is 4.40 Å². The van der Waals surface area contributed by atoms with Crippen molar-refractivity contribution < 1.29 is 0 Å². The molecule has 0 spiro atoms. The van der Waals surface area contributed by atoms with Gasteiger partial charge in [-0.05, 0) is 49.7 Å². The maximum atomic E-state index is 9.63. The van der Waals surface area contributed by atoms with Gasteiger partial charge in [-0.25, -0.2) is 9.97 Å². The Balaban J connectivity index is 1.67. The molecule has 0 radical (unpaired) electrons. The van der Waals surface area contributed by atoms with Crippen LogP contribution in [0.3, 0.4) is 0 Å². The van der Waals surface area contributed by atoms with E-state index in [9.17, 15) is 5.26 Å². The van der Waals surface area contributed by atoms with E-state index in [2.05, 4.69) is 23.3 Å². The molecule has 1 unspecified atom stereocenters. The maximum Gasteiger partial charge on any atom is 0.157 e. The Hall–Kier alpha value is -3.85. The smallest absolute Gasteiger partial charge is 0.157 e. The van der Waals surface area contributed by atoms with Crippen LogP contribution in [-0.4, -0.2) is 19.4 Å². The molecule has 6 heteroatoms. The summed E-state index contributed by atoms with van der Waals surface area (Å²) < 4.78 is 2.01. The topological polar surface area (TPSA) is 81.8 Å². The zero-order valence-corrected chi connectivity index (χ0v) is 15.6. The van der Waals surface area contributed by atoms with E-state index in [0.717, 1.165) is 39.3 Å². The summed E-state index contributed by atoms with van der Waals surface area (Å²) in [5.74, 6) is 1.74. The minimum Gasteiger partial charge on any atom is -0.361 e. The van der Waals surface area contributed by atoms with Crippen LogP contribution in [0.25, 0.3) is 27.7 Å². The lowest BCUT2D eigenvalue weighted by Crippen LogP contribution is -2.12. The van der Waals surface area contributed by atoms with Crippen molar-refractivity contribution >= 4 is 33.5 Å². The van der Waals surface area contributed by atoms with Gasteiger partial charge in [0.2, 0.25) is 0 Å².